The molecule has 0 unspecified atom stereocenters. The molecule has 3 heterocycles. The first kappa shape index (κ1) is 21.3. The molecule has 0 spiro atoms. The van der Waals surface area contributed by atoms with Crippen LogP contribution in [0.4, 0.5) is 10.7 Å². The molecule has 0 atom stereocenters. The zero-order valence-corrected chi connectivity index (χ0v) is 19.2. The Morgan fingerprint density at radius 2 is 1.91 bits per heavy atom. The number of para-hydroxylation sites is 1. The summed E-state index contributed by atoms with van der Waals surface area (Å²) in [5, 5.41) is 13.4. The van der Waals surface area contributed by atoms with E-state index in [0.717, 1.165) is 16.5 Å². The Morgan fingerprint density at radius 3 is 2.67 bits per heavy atom. The fourth-order valence-corrected chi connectivity index (χ4v) is 4.35. The number of benzene rings is 2. The number of piperazine rings is 1. The Hall–Kier alpha value is -3.59. The Morgan fingerprint density at radius 1 is 1.12 bits per heavy atom. The monoisotopic (exact) mass is 465 g/mol. The van der Waals surface area contributed by atoms with Gasteiger partial charge in [0.1, 0.15) is 5.75 Å². The number of carbonyl (C=O) groups is 1. The SMILES string of the molecule is CCNC(=O)N1CCN(c2nc3cc(Cl)ccc3c3nnc(-c4ccccc4OC)n23)CC1. The number of urea groups is 1. The van der Waals surface area contributed by atoms with E-state index in [-0.39, 0.29) is 6.03 Å². The highest BCUT2D eigenvalue weighted by molar-refractivity contribution is 6.31. The third-order valence-corrected chi connectivity index (χ3v) is 6.04. The van der Waals surface area contributed by atoms with Crippen molar-refractivity contribution in [3.05, 3.63) is 47.5 Å². The summed E-state index contributed by atoms with van der Waals surface area (Å²) in [5.41, 5.74) is 2.26. The summed E-state index contributed by atoms with van der Waals surface area (Å²) in [4.78, 5) is 21.2. The first-order valence-electron chi connectivity index (χ1n) is 10.9. The van der Waals surface area contributed by atoms with Crippen LogP contribution in [0.15, 0.2) is 42.5 Å². The summed E-state index contributed by atoms with van der Waals surface area (Å²) < 4.78 is 7.55. The van der Waals surface area contributed by atoms with Crippen LogP contribution in [0.1, 0.15) is 6.92 Å². The second-order valence-corrected chi connectivity index (χ2v) is 8.20. The van der Waals surface area contributed by atoms with E-state index in [9.17, 15) is 4.79 Å². The van der Waals surface area contributed by atoms with Gasteiger partial charge in [0.15, 0.2) is 11.5 Å². The van der Waals surface area contributed by atoms with Crippen LogP contribution in [0.3, 0.4) is 0 Å². The maximum Gasteiger partial charge on any atom is 0.317 e. The first-order chi connectivity index (χ1) is 16.1. The van der Waals surface area contributed by atoms with E-state index >= 15 is 0 Å². The zero-order valence-electron chi connectivity index (χ0n) is 18.5. The van der Waals surface area contributed by atoms with Crippen LogP contribution >= 0.6 is 11.6 Å². The van der Waals surface area contributed by atoms with E-state index in [1.165, 1.54) is 0 Å². The molecule has 5 rings (SSSR count). The van der Waals surface area contributed by atoms with Crippen molar-refractivity contribution in [2.24, 2.45) is 0 Å². The van der Waals surface area contributed by atoms with Gasteiger partial charge < -0.3 is 19.9 Å². The molecule has 0 saturated carbocycles. The van der Waals surface area contributed by atoms with Gasteiger partial charge in [-0.15, -0.1) is 10.2 Å². The summed E-state index contributed by atoms with van der Waals surface area (Å²) in [5.74, 6) is 2.06. The minimum absolute atomic E-state index is 0.0421. The van der Waals surface area contributed by atoms with Gasteiger partial charge in [-0.2, -0.15) is 0 Å². The van der Waals surface area contributed by atoms with Crippen molar-refractivity contribution in [2.75, 3.05) is 44.7 Å². The normalized spacial score (nSPS) is 14.2. The predicted molar refractivity (Wildman–Crippen MR) is 128 cm³/mol. The van der Waals surface area contributed by atoms with Crippen LogP contribution in [0.2, 0.25) is 5.02 Å². The Kier molecular flexibility index (Phi) is 5.63. The number of rotatable bonds is 4. The molecular formula is C23H24ClN7O2. The summed E-state index contributed by atoms with van der Waals surface area (Å²) in [6.07, 6.45) is 0. The number of hydrogen-bond acceptors (Lipinski definition) is 6. The smallest absolute Gasteiger partial charge is 0.317 e. The van der Waals surface area contributed by atoms with Crippen LogP contribution in [0.5, 0.6) is 5.75 Å². The third kappa shape index (κ3) is 3.78. The molecule has 4 aromatic rings. The third-order valence-electron chi connectivity index (χ3n) is 5.81. The summed E-state index contributed by atoms with van der Waals surface area (Å²) >= 11 is 6.27. The van der Waals surface area contributed by atoms with Gasteiger partial charge in [0, 0.05) is 43.1 Å². The highest BCUT2D eigenvalue weighted by Gasteiger charge is 2.26. The molecule has 33 heavy (non-hydrogen) atoms. The molecule has 0 aliphatic carbocycles. The van der Waals surface area contributed by atoms with Gasteiger partial charge in [-0.25, -0.2) is 14.2 Å². The van der Waals surface area contributed by atoms with Gasteiger partial charge in [0.25, 0.3) is 0 Å². The van der Waals surface area contributed by atoms with Gasteiger partial charge >= 0.3 is 6.03 Å². The summed E-state index contributed by atoms with van der Waals surface area (Å²) in [6.45, 7) is 4.98. The van der Waals surface area contributed by atoms with Crippen molar-refractivity contribution in [1.29, 1.82) is 0 Å². The maximum atomic E-state index is 12.3. The first-order valence-corrected chi connectivity index (χ1v) is 11.2. The number of amides is 2. The second kappa shape index (κ2) is 8.74. The van der Waals surface area contributed by atoms with Gasteiger partial charge in [-0.3, -0.25) is 0 Å². The van der Waals surface area contributed by atoms with Crippen molar-refractivity contribution in [1.82, 2.24) is 29.8 Å². The van der Waals surface area contributed by atoms with Crippen molar-refractivity contribution in [3.63, 3.8) is 0 Å². The van der Waals surface area contributed by atoms with Crippen LogP contribution in [0.25, 0.3) is 27.9 Å². The van der Waals surface area contributed by atoms with Crippen molar-refractivity contribution in [3.8, 4) is 17.1 Å². The number of nitrogens with zero attached hydrogens (tertiary/aromatic N) is 6. The van der Waals surface area contributed by atoms with Gasteiger partial charge in [0.2, 0.25) is 5.95 Å². The van der Waals surface area contributed by atoms with E-state index in [2.05, 4.69) is 20.4 Å². The summed E-state index contributed by atoms with van der Waals surface area (Å²) in [6, 6.07) is 13.3. The maximum absolute atomic E-state index is 12.3. The van der Waals surface area contributed by atoms with E-state index in [1.54, 1.807) is 7.11 Å². The molecular weight excluding hydrogens is 442 g/mol. The molecule has 9 nitrogen and oxygen atoms in total. The Bertz CT molecular complexity index is 1330. The number of aromatic nitrogens is 4. The number of hydrogen-bond donors (Lipinski definition) is 1. The molecule has 10 heteroatoms. The lowest BCUT2D eigenvalue weighted by Crippen LogP contribution is -2.52. The molecule has 2 aromatic carbocycles. The zero-order chi connectivity index (χ0) is 22.9. The molecule has 1 N–H and O–H groups in total. The predicted octanol–water partition coefficient (Wildman–Crippen LogP) is 3.46. The van der Waals surface area contributed by atoms with Crippen LogP contribution in [0, 0.1) is 0 Å². The van der Waals surface area contributed by atoms with Crippen molar-refractivity contribution < 1.29 is 9.53 Å². The number of methoxy groups -OCH3 is 1. The molecule has 2 amide bonds. The molecule has 0 bridgehead atoms. The highest BCUT2D eigenvalue weighted by atomic mass is 35.5. The quantitative estimate of drug-likeness (QED) is 0.496. The highest BCUT2D eigenvalue weighted by Crippen LogP contribution is 2.33. The van der Waals surface area contributed by atoms with Crippen LogP contribution in [-0.2, 0) is 0 Å². The lowest BCUT2D eigenvalue weighted by atomic mass is 10.2. The van der Waals surface area contributed by atoms with E-state index in [4.69, 9.17) is 21.3 Å². The number of ether oxygens (including phenoxy) is 1. The molecule has 1 aliphatic rings. The largest absolute Gasteiger partial charge is 0.496 e. The minimum atomic E-state index is -0.0421. The minimum Gasteiger partial charge on any atom is -0.496 e. The van der Waals surface area contributed by atoms with E-state index < -0.39 is 0 Å². The number of carbonyl (C=O) groups excluding carboxylic acids is 1. The molecule has 1 saturated heterocycles. The molecule has 2 aromatic heterocycles. The number of anilines is 1. The topological polar surface area (TPSA) is 87.9 Å². The molecule has 1 aliphatic heterocycles. The lowest BCUT2D eigenvalue weighted by Gasteiger charge is -2.35. The van der Waals surface area contributed by atoms with Gasteiger partial charge in [-0.1, -0.05) is 23.7 Å². The molecule has 1 fully saturated rings. The number of fused-ring (bicyclic) bond motifs is 3. The van der Waals surface area contributed by atoms with E-state index in [0.29, 0.717) is 60.9 Å². The Labute approximate surface area is 195 Å². The second-order valence-electron chi connectivity index (χ2n) is 7.77. The van der Waals surface area contributed by atoms with Crippen LogP contribution < -0.4 is 15.0 Å². The van der Waals surface area contributed by atoms with Crippen molar-refractivity contribution in [2.45, 2.75) is 6.92 Å². The van der Waals surface area contributed by atoms with Gasteiger partial charge in [-0.05, 0) is 37.3 Å². The lowest BCUT2D eigenvalue weighted by molar-refractivity contribution is 0.194. The average Bonchev–Trinajstić information content (AvgIpc) is 3.28. The summed E-state index contributed by atoms with van der Waals surface area (Å²) in [7, 11) is 1.64. The number of nitrogens with one attached hydrogen (secondary N) is 1. The molecule has 0 radical (unpaired) electrons. The Balaban J connectivity index is 1.65. The standard InChI is InChI=1S/C23H24ClN7O2/c1-3-25-23(32)30-12-10-29(11-13-30)22-26-18-14-15(24)8-9-16(18)20-27-28-21(31(20)22)17-6-4-5-7-19(17)33-2/h4-9,14H,3,10-13H2,1-2H3,(H,25,32). The fraction of sp³-hybridized carbons (Fsp3) is 0.304. The van der Waals surface area contributed by atoms with Crippen LogP contribution in [-0.4, -0.2) is 70.3 Å². The number of halogens is 1. The van der Waals surface area contributed by atoms with E-state index in [1.807, 2.05) is 58.7 Å². The molecule has 170 valence electrons. The van der Waals surface area contributed by atoms with Gasteiger partial charge in [0.05, 0.1) is 18.2 Å². The fourth-order valence-electron chi connectivity index (χ4n) is 4.18. The average molecular weight is 466 g/mol. The van der Waals surface area contributed by atoms with Crippen molar-refractivity contribution >= 4 is 40.1 Å².